The van der Waals surface area contributed by atoms with Crippen LogP contribution in [0.15, 0.2) is 29.2 Å². The van der Waals surface area contributed by atoms with Crippen molar-refractivity contribution in [3.8, 4) is 0 Å². The molecule has 1 aromatic carbocycles. The fourth-order valence-corrected chi connectivity index (χ4v) is 6.63. The van der Waals surface area contributed by atoms with Gasteiger partial charge in [0.05, 0.1) is 4.90 Å². The maximum absolute atomic E-state index is 12.7. The minimum absolute atomic E-state index is 0.170. The SMILES string of the molecule is Cc1cccc(S(=O)(=O)NC2C3CC4CC(C3)CC2C4)c1. The molecule has 0 heterocycles. The average molecular weight is 305 g/mol. The van der Waals surface area contributed by atoms with Crippen molar-refractivity contribution in [3.05, 3.63) is 29.8 Å². The van der Waals surface area contributed by atoms with Gasteiger partial charge in [0, 0.05) is 6.04 Å². The summed E-state index contributed by atoms with van der Waals surface area (Å²) in [7, 11) is -3.38. The van der Waals surface area contributed by atoms with E-state index in [-0.39, 0.29) is 6.04 Å². The molecule has 5 rings (SSSR count). The molecule has 0 saturated heterocycles. The molecule has 4 aliphatic carbocycles. The standard InChI is InChI=1S/C17H23NO2S/c1-11-3-2-4-16(5-11)21(19,20)18-17-14-7-12-6-13(9-14)10-15(17)8-12/h2-5,12-15,17-18H,6-10H2,1H3. The van der Waals surface area contributed by atoms with Crippen LogP contribution in [0.25, 0.3) is 0 Å². The zero-order chi connectivity index (χ0) is 14.6. The maximum Gasteiger partial charge on any atom is 0.240 e. The molecule has 21 heavy (non-hydrogen) atoms. The molecule has 0 atom stereocenters. The Morgan fingerprint density at radius 2 is 1.62 bits per heavy atom. The molecule has 0 amide bonds. The lowest BCUT2D eigenvalue weighted by atomic mass is 9.54. The summed E-state index contributed by atoms with van der Waals surface area (Å²) in [4.78, 5) is 0.413. The van der Waals surface area contributed by atoms with E-state index in [9.17, 15) is 8.42 Å². The molecule has 3 nitrogen and oxygen atoms in total. The van der Waals surface area contributed by atoms with Crippen LogP contribution in [0.3, 0.4) is 0 Å². The molecule has 1 aromatic rings. The molecule has 1 N–H and O–H groups in total. The summed E-state index contributed by atoms with van der Waals surface area (Å²) < 4.78 is 28.4. The molecule has 114 valence electrons. The van der Waals surface area contributed by atoms with Gasteiger partial charge >= 0.3 is 0 Å². The summed E-state index contributed by atoms with van der Waals surface area (Å²) in [5, 5.41) is 0. The zero-order valence-electron chi connectivity index (χ0n) is 12.5. The molecule has 4 heteroatoms. The molecule has 0 aromatic heterocycles. The van der Waals surface area contributed by atoms with Crippen molar-refractivity contribution in [1.29, 1.82) is 0 Å². The Bertz CT molecular complexity index is 625. The smallest absolute Gasteiger partial charge is 0.208 e. The van der Waals surface area contributed by atoms with Gasteiger partial charge < -0.3 is 0 Å². The molecule has 4 bridgehead atoms. The first kappa shape index (κ1) is 13.8. The van der Waals surface area contributed by atoms with Crippen molar-refractivity contribution in [3.63, 3.8) is 0 Å². The fourth-order valence-electron chi connectivity index (χ4n) is 5.15. The van der Waals surface area contributed by atoms with Crippen molar-refractivity contribution in [2.24, 2.45) is 23.7 Å². The third-order valence-corrected chi connectivity index (χ3v) is 7.27. The predicted octanol–water partition coefficient (Wildman–Crippen LogP) is 3.10. The molecule has 4 aliphatic rings. The fraction of sp³-hybridized carbons (Fsp3) is 0.647. The first-order chi connectivity index (χ1) is 10.0. The molecular formula is C17H23NO2S. The van der Waals surface area contributed by atoms with E-state index in [4.69, 9.17) is 0 Å². The second kappa shape index (κ2) is 4.82. The van der Waals surface area contributed by atoms with Gasteiger partial charge in [-0.1, -0.05) is 12.1 Å². The second-order valence-corrected chi connectivity index (χ2v) is 9.11. The Labute approximate surface area is 127 Å². The van der Waals surface area contributed by atoms with Crippen LogP contribution in [-0.4, -0.2) is 14.5 Å². The minimum Gasteiger partial charge on any atom is -0.208 e. The maximum atomic E-state index is 12.7. The molecule has 0 unspecified atom stereocenters. The van der Waals surface area contributed by atoms with Crippen molar-refractivity contribution in [2.75, 3.05) is 0 Å². The lowest BCUT2D eigenvalue weighted by Crippen LogP contribution is -2.55. The van der Waals surface area contributed by atoms with Crippen molar-refractivity contribution < 1.29 is 8.42 Å². The third kappa shape index (κ3) is 2.42. The normalized spacial score (nSPS) is 37.9. The van der Waals surface area contributed by atoms with Crippen LogP contribution in [0.5, 0.6) is 0 Å². The van der Waals surface area contributed by atoms with Gasteiger partial charge in [0.1, 0.15) is 0 Å². The molecular weight excluding hydrogens is 282 g/mol. The minimum atomic E-state index is -3.38. The van der Waals surface area contributed by atoms with Crippen LogP contribution in [0, 0.1) is 30.6 Å². The van der Waals surface area contributed by atoms with E-state index < -0.39 is 10.0 Å². The first-order valence-electron chi connectivity index (χ1n) is 8.10. The number of benzene rings is 1. The molecule has 0 spiro atoms. The number of hydrogen-bond acceptors (Lipinski definition) is 2. The molecule has 0 radical (unpaired) electrons. The summed E-state index contributed by atoms with van der Waals surface area (Å²) in [6, 6.07) is 7.38. The predicted molar refractivity (Wildman–Crippen MR) is 82.3 cm³/mol. The van der Waals surface area contributed by atoms with Gasteiger partial charge in [0.25, 0.3) is 0 Å². The van der Waals surface area contributed by atoms with Crippen LogP contribution in [0.1, 0.15) is 37.7 Å². The Morgan fingerprint density at radius 1 is 1.00 bits per heavy atom. The zero-order valence-corrected chi connectivity index (χ0v) is 13.3. The van der Waals surface area contributed by atoms with Gasteiger partial charge in [0.2, 0.25) is 10.0 Å². The summed E-state index contributed by atoms with van der Waals surface area (Å²) in [6.45, 7) is 1.93. The van der Waals surface area contributed by atoms with Crippen molar-refractivity contribution >= 4 is 10.0 Å². The van der Waals surface area contributed by atoms with E-state index in [1.54, 1.807) is 12.1 Å². The van der Waals surface area contributed by atoms with Crippen molar-refractivity contribution in [2.45, 2.75) is 50.0 Å². The first-order valence-corrected chi connectivity index (χ1v) is 9.58. The van der Waals surface area contributed by atoms with Gasteiger partial charge in [-0.25, -0.2) is 13.1 Å². The van der Waals surface area contributed by atoms with Gasteiger partial charge in [-0.15, -0.1) is 0 Å². The number of aryl methyl sites for hydroxylation is 1. The highest BCUT2D eigenvalue weighted by Gasteiger charge is 2.49. The Morgan fingerprint density at radius 3 is 2.19 bits per heavy atom. The lowest BCUT2D eigenvalue weighted by Gasteiger charge is -2.54. The highest BCUT2D eigenvalue weighted by Crippen LogP contribution is 2.53. The van der Waals surface area contributed by atoms with Crippen LogP contribution in [0.4, 0.5) is 0 Å². The topological polar surface area (TPSA) is 46.2 Å². The Hall–Kier alpha value is -0.870. The van der Waals surface area contributed by atoms with Gasteiger partial charge in [-0.2, -0.15) is 0 Å². The number of rotatable bonds is 3. The quantitative estimate of drug-likeness (QED) is 0.932. The molecule has 4 fully saturated rings. The largest absolute Gasteiger partial charge is 0.240 e. The summed E-state index contributed by atoms with van der Waals surface area (Å²) in [5.74, 6) is 2.88. The van der Waals surface area contributed by atoms with Gasteiger partial charge in [0.15, 0.2) is 0 Å². The number of hydrogen-bond donors (Lipinski definition) is 1. The van der Waals surface area contributed by atoms with E-state index in [0.29, 0.717) is 16.7 Å². The van der Waals surface area contributed by atoms with Gasteiger partial charge in [-0.3, -0.25) is 0 Å². The van der Waals surface area contributed by atoms with E-state index in [2.05, 4.69) is 4.72 Å². The number of nitrogens with one attached hydrogen (secondary N) is 1. The van der Waals surface area contributed by atoms with Gasteiger partial charge in [-0.05, 0) is 80.4 Å². The van der Waals surface area contributed by atoms with E-state index in [1.165, 1.54) is 32.1 Å². The van der Waals surface area contributed by atoms with E-state index >= 15 is 0 Å². The Kier molecular flexibility index (Phi) is 3.16. The average Bonchev–Trinajstić information content (AvgIpc) is 2.42. The lowest BCUT2D eigenvalue weighted by molar-refractivity contribution is -0.00557. The van der Waals surface area contributed by atoms with Crippen LogP contribution in [-0.2, 0) is 10.0 Å². The number of sulfonamides is 1. The monoisotopic (exact) mass is 305 g/mol. The Balaban J connectivity index is 1.58. The highest BCUT2D eigenvalue weighted by molar-refractivity contribution is 7.89. The molecule has 0 aliphatic heterocycles. The van der Waals surface area contributed by atoms with E-state index in [1.807, 2.05) is 19.1 Å². The summed E-state index contributed by atoms with van der Waals surface area (Å²) in [6.07, 6.45) is 6.31. The summed E-state index contributed by atoms with van der Waals surface area (Å²) in [5.41, 5.74) is 0.989. The van der Waals surface area contributed by atoms with Crippen LogP contribution in [0.2, 0.25) is 0 Å². The van der Waals surface area contributed by atoms with Crippen molar-refractivity contribution in [1.82, 2.24) is 4.72 Å². The van der Waals surface area contributed by atoms with Crippen LogP contribution >= 0.6 is 0 Å². The second-order valence-electron chi connectivity index (χ2n) is 7.39. The van der Waals surface area contributed by atoms with Crippen LogP contribution < -0.4 is 4.72 Å². The highest BCUT2D eigenvalue weighted by atomic mass is 32.2. The summed E-state index contributed by atoms with van der Waals surface area (Å²) >= 11 is 0. The third-order valence-electron chi connectivity index (χ3n) is 5.82. The molecule has 4 saturated carbocycles. The van der Waals surface area contributed by atoms with E-state index in [0.717, 1.165) is 17.4 Å².